The highest BCUT2D eigenvalue weighted by Gasteiger charge is 2.25. The van der Waals surface area contributed by atoms with Gasteiger partial charge in [0.05, 0.1) is 11.0 Å². The summed E-state index contributed by atoms with van der Waals surface area (Å²) in [6, 6.07) is 4.64. The highest BCUT2D eigenvalue weighted by Crippen LogP contribution is 2.25. The zero-order valence-electron chi connectivity index (χ0n) is 11.4. The molecule has 1 heterocycles. The van der Waals surface area contributed by atoms with E-state index in [-0.39, 0.29) is 11.0 Å². The lowest BCUT2D eigenvalue weighted by atomic mass is 10.1. The van der Waals surface area contributed by atoms with Crippen molar-refractivity contribution in [3.63, 3.8) is 0 Å². The molecule has 1 unspecified atom stereocenters. The van der Waals surface area contributed by atoms with E-state index in [2.05, 4.69) is 15.9 Å². The monoisotopic (exact) mass is 362 g/mol. The molecule has 0 amide bonds. The number of halogens is 1. The maximum atomic E-state index is 12.5. The van der Waals surface area contributed by atoms with Gasteiger partial charge in [-0.2, -0.15) is 4.31 Å². The molecule has 0 saturated carbocycles. The van der Waals surface area contributed by atoms with E-state index >= 15 is 0 Å². The number of hydrogen-bond acceptors (Lipinski definition) is 4. The number of sulfonamides is 1. The van der Waals surface area contributed by atoms with E-state index in [1.54, 1.807) is 13.1 Å². The average Bonchev–Trinajstić information content (AvgIpc) is 2.42. The summed E-state index contributed by atoms with van der Waals surface area (Å²) in [7, 11) is -1.93. The van der Waals surface area contributed by atoms with Crippen LogP contribution in [-0.4, -0.2) is 39.0 Å². The number of likely N-dealkylation sites (N-methyl/N-ethyl adjacent to an activating group) is 1. The number of rotatable bonds is 4. The number of nitrogens with zero attached hydrogens (tertiary/aromatic N) is 1. The van der Waals surface area contributed by atoms with Crippen molar-refractivity contribution in [2.75, 3.05) is 25.9 Å². The molecular formula is C13H19BrN2O3S. The van der Waals surface area contributed by atoms with E-state index in [1.165, 1.54) is 16.4 Å². The van der Waals surface area contributed by atoms with Gasteiger partial charge in [0.1, 0.15) is 0 Å². The first-order valence-corrected chi connectivity index (χ1v) is 8.77. The van der Waals surface area contributed by atoms with Gasteiger partial charge >= 0.3 is 0 Å². The van der Waals surface area contributed by atoms with E-state index in [9.17, 15) is 8.42 Å². The van der Waals surface area contributed by atoms with Crippen LogP contribution in [0, 0.1) is 0 Å². The molecule has 1 aliphatic rings. The van der Waals surface area contributed by atoms with Crippen molar-refractivity contribution >= 4 is 31.6 Å². The minimum Gasteiger partial charge on any atom is -0.398 e. The molecule has 1 aromatic carbocycles. The largest absolute Gasteiger partial charge is 0.398 e. The lowest BCUT2D eigenvalue weighted by molar-refractivity contribution is 0.00858. The second-order valence-electron chi connectivity index (χ2n) is 4.96. The minimum atomic E-state index is -3.51. The number of hydrogen-bond donors (Lipinski definition) is 1. The van der Waals surface area contributed by atoms with E-state index in [1.807, 2.05) is 0 Å². The van der Waals surface area contributed by atoms with Gasteiger partial charge in [-0.1, -0.05) is 0 Å². The van der Waals surface area contributed by atoms with Crippen LogP contribution in [0.4, 0.5) is 5.69 Å². The first-order chi connectivity index (χ1) is 9.41. The van der Waals surface area contributed by atoms with Crippen LogP contribution >= 0.6 is 15.9 Å². The number of nitrogens with two attached hydrogens (primary N) is 1. The van der Waals surface area contributed by atoms with Gasteiger partial charge in [-0.05, 0) is 53.4 Å². The van der Waals surface area contributed by atoms with Crippen LogP contribution in [0.2, 0.25) is 0 Å². The molecule has 1 atom stereocenters. The standard InChI is InChI=1S/C13H19BrN2O3S/c1-16(9-10-4-2-3-7-19-10)20(17,18)11-5-6-13(15)12(14)8-11/h5-6,8,10H,2-4,7,9,15H2,1H3. The van der Waals surface area contributed by atoms with E-state index in [0.717, 1.165) is 19.3 Å². The van der Waals surface area contributed by atoms with Crippen LogP contribution < -0.4 is 5.73 Å². The Kier molecular flexibility index (Phi) is 5.06. The number of benzene rings is 1. The third-order valence-electron chi connectivity index (χ3n) is 3.41. The molecule has 2 N–H and O–H groups in total. The molecule has 0 aromatic heterocycles. The lowest BCUT2D eigenvalue weighted by Gasteiger charge is -2.27. The molecular weight excluding hydrogens is 344 g/mol. The Bertz CT molecular complexity index is 571. The summed E-state index contributed by atoms with van der Waals surface area (Å²) in [5.74, 6) is 0. The number of anilines is 1. The van der Waals surface area contributed by atoms with Crippen LogP contribution in [0.5, 0.6) is 0 Å². The SMILES string of the molecule is CN(CC1CCCCO1)S(=O)(=O)c1ccc(N)c(Br)c1. The maximum Gasteiger partial charge on any atom is 0.242 e. The third-order valence-corrected chi connectivity index (χ3v) is 5.92. The van der Waals surface area contributed by atoms with Crippen molar-refractivity contribution in [1.82, 2.24) is 4.31 Å². The molecule has 20 heavy (non-hydrogen) atoms. The van der Waals surface area contributed by atoms with Crippen LogP contribution in [0.1, 0.15) is 19.3 Å². The van der Waals surface area contributed by atoms with Gasteiger partial charge in [0.25, 0.3) is 0 Å². The van der Waals surface area contributed by atoms with Crippen LogP contribution in [-0.2, 0) is 14.8 Å². The van der Waals surface area contributed by atoms with Gasteiger partial charge in [-0.15, -0.1) is 0 Å². The molecule has 0 radical (unpaired) electrons. The molecule has 7 heteroatoms. The Hall–Kier alpha value is -0.630. The Morgan fingerprint density at radius 1 is 1.45 bits per heavy atom. The van der Waals surface area contributed by atoms with Crippen molar-refractivity contribution in [1.29, 1.82) is 0 Å². The smallest absolute Gasteiger partial charge is 0.242 e. The highest BCUT2D eigenvalue weighted by atomic mass is 79.9. The van der Waals surface area contributed by atoms with E-state index < -0.39 is 10.0 Å². The summed E-state index contributed by atoms with van der Waals surface area (Å²) in [5.41, 5.74) is 6.20. The minimum absolute atomic E-state index is 0.0132. The summed E-state index contributed by atoms with van der Waals surface area (Å²) >= 11 is 3.25. The summed E-state index contributed by atoms with van der Waals surface area (Å²) in [5, 5.41) is 0. The summed E-state index contributed by atoms with van der Waals surface area (Å²) in [6.07, 6.45) is 3.04. The fraction of sp³-hybridized carbons (Fsp3) is 0.538. The molecule has 2 rings (SSSR count). The zero-order valence-corrected chi connectivity index (χ0v) is 13.8. The van der Waals surface area contributed by atoms with Crippen LogP contribution in [0.25, 0.3) is 0 Å². The zero-order chi connectivity index (χ0) is 14.8. The van der Waals surface area contributed by atoms with Crippen LogP contribution in [0.15, 0.2) is 27.6 Å². The predicted molar refractivity (Wildman–Crippen MR) is 82.0 cm³/mol. The summed E-state index contributed by atoms with van der Waals surface area (Å²) in [6.45, 7) is 1.09. The fourth-order valence-electron chi connectivity index (χ4n) is 2.18. The third kappa shape index (κ3) is 3.52. The van der Waals surface area contributed by atoms with Crippen LogP contribution in [0.3, 0.4) is 0 Å². The van der Waals surface area contributed by atoms with Crippen molar-refractivity contribution in [2.45, 2.75) is 30.3 Å². The molecule has 1 aliphatic heterocycles. The second kappa shape index (κ2) is 6.43. The van der Waals surface area contributed by atoms with Gasteiger partial charge in [-0.3, -0.25) is 0 Å². The van der Waals surface area contributed by atoms with Crippen molar-refractivity contribution in [3.8, 4) is 0 Å². The van der Waals surface area contributed by atoms with E-state index in [0.29, 0.717) is 23.3 Å². The van der Waals surface area contributed by atoms with Gasteiger partial charge in [0, 0.05) is 30.4 Å². The van der Waals surface area contributed by atoms with Gasteiger partial charge in [0.2, 0.25) is 10.0 Å². The predicted octanol–water partition coefficient (Wildman–Crippen LogP) is 2.22. The number of ether oxygens (including phenoxy) is 1. The molecule has 0 bridgehead atoms. The van der Waals surface area contributed by atoms with Gasteiger partial charge in [0.15, 0.2) is 0 Å². The van der Waals surface area contributed by atoms with Gasteiger partial charge in [-0.25, -0.2) is 8.42 Å². The van der Waals surface area contributed by atoms with Crippen molar-refractivity contribution < 1.29 is 13.2 Å². The molecule has 5 nitrogen and oxygen atoms in total. The fourth-order valence-corrected chi connectivity index (χ4v) is 3.94. The topological polar surface area (TPSA) is 72.6 Å². The normalized spacial score (nSPS) is 20.2. The Morgan fingerprint density at radius 2 is 2.20 bits per heavy atom. The number of nitrogen functional groups attached to an aromatic ring is 1. The van der Waals surface area contributed by atoms with Crippen molar-refractivity contribution in [3.05, 3.63) is 22.7 Å². The quantitative estimate of drug-likeness (QED) is 0.833. The molecule has 1 fully saturated rings. The Labute approximate surface area is 128 Å². The van der Waals surface area contributed by atoms with E-state index in [4.69, 9.17) is 10.5 Å². The molecule has 1 saturated heterocycles. The molecule has 0 aliphatic carbocycles. The lowest BCUT2D eigenvalue weighted by Crippen LogP contribution is -2.37. The highest BCUT2D eigenvalue weighted by molar-refractivity contribution is 9.10. The maximum absolute atomic E-state index is 12.5. The van der Waals surface area contributed by atoms with Gasteiger partial charge < -0.3 is 10.5 Å². The molecule has 1 aromatic rings. The average molecular weight is 363 g/mol. The summed E-state index contributed by atoms with van der Waals surface area (Å²) in [4.78, 5) is 0.233. The second-order valence-corrected chi connectivity index (χ2v) is 7.86. The summed E-state index contributed by atoms with van der Waals surface area (Å²) < 4.78 is 32.5. The first kappa shape index (κ1) is 15.8. The Balaban J connectivity index is 2.13. The van der Waals surface area contributed by atoms with Crippen molar-refractivity contribution in [2.24, 2.45) is 0 Å². The molecule has 0 spiro atoms. The first-order valence-electron chi connectivity index (χ1n) is 6.54. The Morgan fingerprint density at radius 3 is 2.80 bits per heavy atom. The molecule has 112 valence electrons.